The molecule has 2 amide bonds. The molecule has 1 saturated heterocycles. The van der Waals surface area contributed by atoms with Gasteiger partial charge in [0.15, 0.2) is 0 Å². The molecule has 0 radical (unpaired) electrons. The Bertz CT molecular complexity index is 1290. The van der Waals surface area contributed by atoms with E-state index in [-0.39, 0.29) is 11.8 Å². The smallest absolute Gasteiger partial charge is 0.258 e. The first-order valence-electron chi connectivity index (χ1n) is 13.2. The van der Waals surface area contributed by atoms with E-state index in [2.05, 4.69) is 52.0 Å². The molecule has 3 aromatic carbocycles. The minimum Gasteiger partial charge on any atom is -0.354 e. The average Bonchev–Trinajstić information content (AvgIpc) is 3.55. The van der Waals surface area contributed by atoms with Crippen LogP contribution in [-0.4, -0.2) is 36.3 Å². The van der Waals surface area contributed by atoms with Gasteiger partial charge in [-0.2, -0.15) is 0 Å². The van der Waals surface area contributed by atoms with Gasteiger partial charge in [0.2, 0.25) is 0 Å². The number of fused-ring (bicyclic) bond motifs is 1. The first-order chi connectivity index (χ1) is 18.1. The van der Waals surface area contributed by atoms with Gasteiger partial charge in [-0.05, 0) is 73.8 Å². The quantitative estimate of drug-likeness (QED) is 0.262. The maximum absolute atomic E-state index is 13.3. The van der Waals surface area contributed by atoms with Crippen LogP contribution in [0.3, 0.4) is 0 Å². The van der Waals surface area contributed by atoms with Gasteiger partial charge >= 0.3 is 0 Å². The van der Waals surface area contributed by atoms with Crippen molar-refractivity contribution >= 4 is 34.5 Å². The average molecular weight is 495 g/mol. The summed E-state index contributed by atoms with van der Waals surface area (Å²) in [6.45, 7) is 6.02. The fraction of sp³-hybridized carbons (Fsp3) is 0.290. The summed E-state index contributed by atoms with van der Waals surface area (Å²) >= 11 is 0. The second-order valence-corrected chi connectivity index (χ2v) is 9.75. The summed E-state index contributed by atoms with van der Waals surface area (Å²) in [5, 5.41) is 9.47. The highest BCUT2D eigenvalue weighted by molar-refractivity contribution is 6.37. The zero-order chi connectivity index (χ0) is 25.6. The van der Waals surface area contributed by atoms with Crippen molar-refractivity contribution in [2.24, 2.45) is 0 Å². The molecule has 0 spiro atoms. The van der Waals surface area contributed by atoms with Gasteiger partial charge in [-0.3, -0.25) is 14.5 Å². The van der Waals surface area contributed by atoms with E-state index in [9.17, 15) is 9.59 Å². The van der Waals surface area contributed by atoms with Crippen molar-refractivity contribution in [3.05, 3.63) is 95.1 Å². The van der Waals surface area contributed by atoms with Gasteiger partial charge in [0.1, 0.15) is 0 Å². The highest BCUT2D eigenvalue weighted by Gasteiger charge is 2.29. The molecule has 0 atom stereocenters. The molecule has 3 N–H and O–H groups in total. The monoisotopic (exact) mass is 494 g/mol. The van der Waals surface area contributed by atoms with E-state index in [4.69, 9.17) is 0 Å². The predicted octanol–water partition coefficient (Wildman–Crippen LogP) is 5.74. The summed E-state index contributed by atoms with van der Waals surface area (Å²) in [4.78, 5) is 28.5. The van der Waals surface area contributed by atoms with Crippen molar-refractivity contribution in [3.8, 4) is 0 Å². The lowest BCUT2D eigenvalue weighted by molar-refractivity contribution is -0.110. The number of anilines is 2. The third-order valence-corrected chi connectivity index (χ3v) is 6.98. The number of likely N-dealkylation sites (tertiary alicyclic amines) is 1. The second kappa shape index (κ2) is 11.4. The molecule has 37 heavy (non-hydrogen) atoms. The first-order valence-corrected chi connectivity index (χ1v) is 13.2. The molecule has 6 nitrogen and oxygen atoms in total. The van der Waals surface area contributed by atoms with Gasteiger partial charge in [-0.25, -0.2) is 0 Å². The fourth-order valence-corrected chi connectivity index (χ4v) is 4.96. The van der Waals surface area contributed by atoms with Gasteiger partial charge in [0, 0.05) is 35.6 Å². The lowest BCUT2D eigenvalue weighted by atomic mass is 9.98. The van der Waals surface area contributed by atoms with E-state index in [1.165, 1.54) is 18.4 Å². The molecular weight excluding hydrogens is 460 g/mol. The largest absolute Gasteiger partial charge is 0.354 e. The minimum atomic E-state index is -0.185. The lowest BCUT2D eigenvalue weighted by Gasteiger charge is -2.17. The van der Waals surface area contributed by atoms with Crippen LogP contribution in [0.1, 0.15) is 59.7 Å². The molecule has 5 rings (SSSR count). The summed E-state index contributed by atoms with van der Waals surface area (Å²) in [6.07, 6.45) is 4.50. The number of rotatable bonds is 9. The third-order valence-electron chi connectivity index (χ3n) is 6.98. The highest BCUT2D eigenvalue weighted by atomic mass is 16.2. The second-order valence-electron chi connectivity index (χ2n) is 9.75. The van der Waals surface area contributed by atoms with Gasteiger partial charge in [-0.15, -0.1) is 0 Å². The molecule has 2 aliphatic heterocycles. The molecule has 3 aromatic rings. The Morgan fingerprint density at radius 1 is 0.946 bits per heavy atom. The molecule has 2 heterocycles. The van der Waals surface area contributed by atoms with Gasteiger partial charge in [-0.1, -0.05) is 55.8 Å². The Balaban J connectivity index is 1.48. The Hall–Kier alpha value is -3.90. The lowest BCUT2D eigenvalue weighted by Crippen LogP contribution is -2.24. The number of amides is 2. The summed E-state index contributed by atoms with van der Waals surface area (Å²) in [6, 6.07) is 23.7. The number of unbranched alkanes of at least 4 members (excludes halogenated alkanes) is 1. The van der Waals surface area contributed by atoms with Crippen molar-refractivity contribution in [1.29, 1.82) is 0 Å². The van der Waals surface area contributed by atoms with Crippen LogP contribution in [0.15, 0.2) is 72.8 Å². The molecule has 0 saturated carbocycles. The topological polar surface area (TPSA) is 73.5 Å². The number of nitrogens with zero attached hydrogens (tertiary/aromatic N) is 1. The van der Waals surface area contributed by atoms with Crippen LogP contribution in [0.4, 0.5) is 11.4 Å². The molecule has 6 heteroatoms. The Labute approximate surface area is 218 Å². The predicted molar refractivity (Wildman–Crippen MR) is 150 cm³/mol. The van der Waals surface area contributed by atoms with E-state index in [1.807, 2.05) is 42.5 Å². The van der Waals surface area contributed by atoms with Crippen molar-refractivity contribution in [1.82, 2.24) is 10.2 Å². The van der Waals surface area contributed by atoms with Crippen LogP contribution in [-0.2, 0) is 11.3 Å². The highest BCUT2D eigenvalue weighted by Crippen LogP contribution is 2.38. The van der Waals surface area contributed by atoms with E-state index in [0.717, 1.165) is 49.3 Å². The SMILES string of the molecule is CCCCNC(=O)c1ccc2c(c1)C(=C(Nc1ccc(CN3CCCC3)cc1)c1ccccc1)C(=O)N2. The van der Waals surface area contributed by atoms with Gasteiger partial charge < -0.3 is 16.0 Å². The van der Waals surface area contributed by atoms with E-state index < -0.39 is 0 Å². The summed E-state index contributed by atoms with van der Waals surface area (Å²) in [5.41, 5.74) is 6.32. The number of benzene rings is 3. The number of carbonyl (C=O) groups is 2. The zero-order valence-electron chi connectivity index (χ0n) is 21.3. The number of hydrogen-bond donors (Lipinski definition) is 3. The van der Waals surface area contributed by atoms with E-state index in [1.54, 1.807) is 6.07 Å². The standard InChI is InChI=1S/C31H34N4O2/c1-2-3-17-32-30(36)24-13-16-27-26(20-24)28(31(37)34-27)29(23-9-5-4-6-10-23)33-25-14-11-22(12-15-25)21-35-18-7-8-19-35/h4-6,9-16,20,33H,2-3,7-8,17-19,21H2,1H3,(H,32,36)(H,34,37). The molecule has 0 unspecified atom stereocenters. The number of nitrogens with one attached hydrogen (secondary N) is 3. The van der Waals surface area contributed by atoms with Gasteiger partial charge in [0.05, 0.1) is 11.3 Å². The van der Waals surface area contributed by atoms with Crippen molar-refractivity contribution in [2.75, 3.05) is 30.3 Å². The number of carbonyl (C=O) groups excluding carboxylic acids is 2. The maximum atomic E-state index is 13.3. The molecule has 0 aliphatic carbocycles. The Morgan fingerprint density at radius 2 is 1.70 bits per heavy atom. The fourth-order valence-electron chi connectivity index (χ4n) is 4.96. The minimum absolute atomic E-state index is 0.127. The van der Waals surface area contributed by atoms with Crippen LogP contribution < -0.4 is 16.0 Å². The van der Waals surface area contributed by atoms with Crippen LogP contribution in [0, 0.1) is 0 Å². The van der Waals surface area contributed by atoms with Crippen LogP contribution in [0.5, 0.6) is 0 Å². The van der Waals surface area contributed by atoms with Crippen LogP contribution in [0.25, 0.3) is 11.3 Å². The van der Waals surface area contributed by atoms with E-state index in [0.29, 0.717) is 29.1 Å². The molecule has 190 valence electrons. The Kier molecular flexibility index (Phi) is 7.66. The first kappa shape index (κ1) is 24.8. The van der Waals surface area contributed by atoms with Crippen molar-refractivity contribution in [3.63, 3.8) is 0 Å². The van der Waals surface area contributed by atoms with E-state index >= 15 is 0 Å². The molecule has 0 aromatic heterocycles. The summed E-state index contributed by atoms with van der Waals surface area (Å²) < 4.78 is 0. The summed E-state index contributed by atoms with van der Waals surface area (Å²) in [7, 11) is 0. The van der Waals surface area contributed by atoms with Crippen LogP contribution >= 0.6 is 0 Å². The normalized spacial score (nSPS) is 16.3. The van der Waals surface area contributed by atoms with Gasteiger partial charge in [0.25, 0.3) is 11.8 Å². The zero-order valence-corrected chi connectivity index (χ0v) is 21.3. The molecule has 2 aliphatic rings. The van der Waals surface area contributed by atoms with Crippen LogP contribution in [0.2, 0.25) is 0 Å². The molecule has 1 fully saturated rings. The summed E-state index contributed by atoms with van der Waals surface area (Å²) in [5.74, 6) is -0.312. The molecular formula is C31H34N4O2. The van der Waals surface area contributed by atoms with Crippen molar-refractivity contribution in [2.45, 2.75) is 39.2 Å². The third kappa shape index (κ3) is 5.75. The number of hydrogen-bond acceptors (Lipinski definition) is 4. The Morgan fingerprint density at radius 3 is 2.43 bits per heavy atom. The molecule has 0 bridgehead atoms. The van der Waals surface area contributed by atoms with Crippen molar-refractivity contribution < 1.29 is 9.59 Å². The maximum Gasteiger partial charge on any atom is 0.258 e.